The Balaban J connectivity index is 1.45. The van der Waals surface area contributed by atoms with E-state index in [2.05, 4.69) is 0 Å². The molecule has 0 aromatic heterocycles. The lowest BCUT2D eigenvalue weighted by molar-refractivity contribution is -0.131. The Hall–Kier alpha value is -2.82. The highest BCUT2D eigenvalue weighted by Crippen LogP contribution is 2.22. The summed E-state index contributed by atoms with van der Waals surface area (Å²) in [7, 11) is 0. The zero-order valence-electron chi connectivity index (χ0n) is 18.3. The van der Waals surface area contributed by atoms with E-state index < -0.39 is 0 Å². The number of aryl methyl sites for hydroxylation is 3. The lowest BCUT2D eigenvalue weighted by Gasteiger charge is -2.22. The molecule has 3 rings (SSSR count). The van der Waals surface area contributed by atoms with Crippen LogP contribution in [-0.2, 0) is 4.79 Å². The van der Waals surface area contributed by atoms with Gasteiger partial charge in [-0.15, -0.1) is 0 Å². The van der Waals surface area contributed by atoms with Crippen LogP contribution in [0.2, 0.25) is 0 Å². The Morgan fingerprint density at radius 3 is 2.30 bits per heavy atom. The largest absolute Gasteiger partial charge is 0.493 e. The third-order valence-electron chi connectivity index (χ3n) is 5.59. The van der Waals surface area contributed by atoms with Crippen molar-refractivity contribution in [1.29, 1.82) is 0 Å². The molecule has 1 aliphatic heterocycles. The molecule has 0 unspecified atom stereocenters. The fourth-order valence-corrected chi connectivity index (χ4v) is 3.91. The zero-order valence-corrected chi connectivity index (χ0v) is 18.3. The van der Waals surface area contributed by atoms with E-state index in [0.717, 1.165) is 34.4 Å². The van der Waals surface area contributed by atoms with Gasteiger partial charge in [-0.2, -0.15) is 0 Å². The van der Waals surface area contributed by atoms with E-state index >= 15 is 0 Å². The summed E-state index contributed by atoms with van der Waals surface area (Å²) in [6.07, 6.45) is 1.97. The van der Waals surface area contributed by atoms with Gasteiger partial charge in [-0.1, -0.05) is 35.9 Å². The van der Waals surface area contributed by atoms with Crippen molar-refractivity contribution in [2.24, 2.45) is 0 Å². The van der Waals surface area contributed by atoms with Gasteiger partial charge in [-0.05, 0) is 56.9 Å². The van der Waals surface area contributed by atoms with Crippen LogP contribution in [0.4, 0.5) is 0 Å². The van der Waals surface area contributed by atoms with Crippen molar-refractivity contribution in [3.05, 3.63) is 64.7 Å². The number of carbonyl (C=O) groups excluding carboxylic acids is 2. The van der Waals surface area contributed by atoms with Crippen molar-refractivity contribution in [2.75, 3.05) is 32.8 Å². The molecule has 5 nitrogen and oxygen atoms in total. The highest BCUT2D eigenvalue weighted by molar-refractivity contribution is 5.94. The second-order valence-corrected chi connectivity index (χ2v) is 8.07. The van der Waals surface area contributed by atoms with Crippen molar-refractivity contribution in [3.8, 4) is 5.75 Å². The number of benzene rings is 2. The predicted molar refractivity (Wildman–Crippen MR) is 119 cm³/mol. The van der Waals surface area contributed by atoms with E-state index in [9.17, 15) is 9.59 Å². The Morgan fingerprint density at radius 2 is 1.57 bits per heavy atom. The summed E-state index contributed by atoms with van der Waals surface area (Å²) in [6, 6.07) is 13.8. The van der Waals surface area contributed by atoms with Gasteiger partial charge < -0.3 is 14.5 Å². The molecule has 0 bridgehead atoms. The maximum absolute atomic E-state index is 12.8. The van der Waals surface area contributed by atoms with Crippen LogP contribution in [0, 0.1) is 20.8 Å². The molecule has 1 aliphatic rings. The lowest BCUT2D eigenvalue weighted by Crippen LogP contribution is -2.37. The molecule has 1 saturated heterocycles. The topological polar surface area (TPSA) is 49.9 Å². The Kier molecular flexibility index (Phi) is 7.50. The van der Waals surface area contributed by atoms with E-state index in [4.69, 9.17) is 4.74 Å². The summed E-state index contributed by atoms with van der Waals surface area (Å²) in [5.74, 6) is 1.12. The fraction of sp³-hybridized carbons (Fsp3) is 0.440. The molecule has 2 aromatic carbocycles. The molecule has 1 fully saturated rings. The second kappa shape index (κ2) is 10.3. The van der Waals surface area contributed by atoms with Crippen LogP contribution < -0.4 is 4.74 Å². The number of rotatable bonds is 6. The quantitative estimate of drug-likeness (QED) is 0.675. The summed E-state index contributed by atoms with van der Waals surface area (Å²) in [6.45, 7) is 9.15. The Bertz CT molecular complexity index is 873. The van der Waals surface area contributed by atoms with E-state index in [1.54, 1.807) is 0 Å². The highest BCUT2D eigenvalue weighted by Gasteiger charge is 2.22. The van der Waals surface area contributed by atoms with Crippen LogP contribution in [-0.4, -0.2) is 54.4 Å². The molecule has 1 heterocycles. The number of ether oxygens (including phenoxy) is 1. The molecule has 0 aliphatic carbocycles. The molecule has 0 N–H and O–H groups in total. The highest BCUT2D eigenvalue weighted by atomic mass is 16.5. The maximum atomic E-state index is 12.8. The molecule has 5 heteroatoms. The van der Waals surface area contributed by atoms with Gasteiger partial charge in [0.2, 0.25) is 5.91 Å². The number of hydrogen-bond acceptors (Lipinski definition) is 3. The Morgan fingerprint density at radius 1 is 0.900 bits per heavy atom. The Labute approximate surface area is 179 Å². The van der Waals surface area contributed by atoms with Crippen LogP contribution in [0.1, 0.15) is 46.3 Å². The lowest BCUT2D eigenvalue weighted by atomic mass is 10.1. The average molecular weight is 409 g/mol. The standard InChI is InChI=1S/C25H32N2O3/c1-19-8-4-11-22(18-19)25(29)27-14-7-13-26(15-16-27)23(28)12-6-17-30-24-20(2)9-5-10-21(24)3/h4-5,8-11,18H,6-7,12-17H2,1-3H3. The summed E-state index contributed by atoms with van der Waals surface area (Å²) in [4.78, 5) is 29.2. The number of para-hydroxylation sites is 1. The van der Waals surface area contributed by atoms with Crippen molar-refractivity contribution in [1.82, 2.24) is 9.80 Å². The fourth-order valence-electron chi connectivity index (χ4n) is 3.91. The van der Waals surface area contributed by atoms with Crippen molar-refractivity contribution < 1.29 is 14.3 Å². The van der Waals surface area contributed by atoms with Crippen molar-refractivity contribution in [3.63, 3.8) is 0 Å². The molecular formula is C25H32N2O3. The molecular weight excluding hydrogens is 376 g/mol. The average Bonchev–Trinajstić information content (AvgIpc) is 2.98. The third-order valence-corrected chi connectivity index (χ3v) is 5.59. The van der Waals surface area contributed by atoms with Crippen LogP contribution in [0.5, 0.6) is 5.75 Å². The first-order chi connectivity index (χ1) is 14.5. The number of nitrogens with zero attached hydrogens (tertiary/aromatic N) is 2. The molecule has 160 valence electrons. The predicted octanol–water partition coefficient (Wildman–Crippen LogP) is 4.15. The van der Waals surface area contributed by atoms with Gasteiger partial charge in [0.15, 0.2) is 0 Å². The molecule has 0 radical (unpaired) electrons. The van der Waals surface area contributed by atoms with Gasteiger partial charge in [-0.25, -0.2) is 0 Å². The van der Waals surface area contributed by atoms with Gasteiger partial charge in [0.05, 0.1) is 6.61 Å². The number of amides is 2. The van der Waals surface area contributed by atoms with Crippen LogP contribution in [0.3, 0.4) is 0 Å². The summed E-state index contributed by atoms with van der Waals surface area (Å²) >= 11 is 0. The van der Waals surface area contributed by atoms with Crippen LogP contribution in [0.15, 0.2) is 42.5 Å². The van der Waals surface area contributed by atoms with Gasteiger partial charge in [0, 0.05) is 38.2 Å². The molecule has 0 saturated carbocycles. The van der Waals surface area contributed by atoms with Gasteiger partial charge in [0.1, 0.15) is 5.75 Å². The van der Waals surface area contributed by atoms with E-state index in [1.165, 1.54) is 0 Å². The first-order valence-electron chi connectivity index (χ1n) is 10.8. The summed E-state index contributed by atoms with van der Waals surface area (Å²) in [5, 5.41) is 0. The molecule has 2 amide bonds. The van der Waals surface area contributed by atoms with E-state index in [0.29, 0.717) is 45.6 Å². The van der Waals surface area contributed by atoms with Crippen molar-refractivity contribution >= 4 is 11.8 Å². The van der Waals surface area contributed by atoms with Gasteiger partial charge in [0.25, 0.3) is 5.91 Å². The van der Waals surface area contributed by atoms with Gasteiger partial charge >= 0.3 is 0 Å². The monoisotopic (exact) mass is 408 g/mol. The second-order valence-electron chi connectivity index (χ2n) is 8.07. The van der Waals surface area contributed by atoms with E-state index in [-0.39, 0.29) is 11.8 Å². The van der Waals surface area contributed by atoms with Crippen LogP contribution in [0.25, 0.3) is 0 Å². The van der Waals surface area contributed by atoms with Gasteiger partial charge in [-0.3, -0.25) is 9.59 Å². The minimum absolute atomic E-state index is 0.0509. The number of carbonyl (C=O) groups is 2. The third kappa shape index (κ3) is 5.62. The first kappa shape index (κ1) is 21.9. The normalized spacial score (nSPS) is 14.4. The first-order valence-corrected chi connectivity index (χ1v) is 10.8. The summed E-state index contributed by atoms with van der Waals surface area (Å²) < 4.78 is 5.91. The maximum Gasteiger partial charge on any atom is 0.253 e. The molecule has 30 heavy (non-hydrogen) atoms. The SMILES string of the molecule is Cc1cccc(C(=O)N2CCCN(C(=O)CCCOc3c(C)cccc3C)CC2)c1. The zero-order chi connectivity index (χ0) is 21.5. The molecule has 0 atom stereocenters. The minimum atomic E-state index is 0.0509. The minimum Gasteiger partial charge on any atom is -0.493 e. The van der Waals surface area contributed by atoms with Crippen LogP contribution >= 0.6 is 0 Å². The van der Waals surface area contributed by atoms with E-state index in [1.807, 2.05) is 73.0 Å². The van der Waals surface area contributed by atoms with Crippen molar-refractivity contribution in [2.45, 2.75) is 40.0 Å². The smallest absolute Gasteiger partial charge is 0.253 e. The summed E-state index contributed by atoms with van der Waals surface area (Å²) in [5.41, 5.74) is 4.04. The molecule has 0 spiro atoms. The molecule has 2 aromatic rings. The number of hydrogen-bond donors (Lipinski definition) is 0.